The SMILES string of the molecule is CN=C(NCc1cccc(S(=O)(=O)N2CCCCC2)c1)N1CCC(N2CCOCC2)C1. The number of nitrogens with zero attached hydrogens (tertiary/aromatic N) is 4. The predicted molar refractivity (Wildman–Crippen MR) is 122 cm³/mol. The van der Waals surface area contributed by atoms with Gasteiger partial charge in [0.15, 0.2) is 5.96 Å². The molecule has 0 saturated carbocycles. The highest BCUT2D eigenvalue weighted by Gasteiger charge is 2.30. The molecule has 3 aliphatic rings. The molecule has 9 heteroatoms. The first kappa shape index (κ1) is 22.5. The Kier molecular flexibility index (Phi) is 7.47. The summed E-state index contributed by atoms with van der Waals surface area (Å²) in [6, 6.07) is 7.85. The summed E-state index contributed by atoms with van der Waals surface area (Å²) in [5.41, 5.74) is 0.947. The maximum absolute atomic E-state index is 13.0. The second-order valence-corrected chi connectivity index (χ2v) is 10.5. The number of ether oxygens (including phenoxy) is 1. The van der Waals surface area contributed by atoms with Gasteiger partial charge in [0.1, 0.15) is 0 Å². The van der Waals surface area contributed by atoms with E-state index in [1.807, 2.05) is 19.2 Å². The molecule has 3 heterocycles. The summed E-state index contributed by atoms with van der Waals surface area (Å²) in [5.74, 6) is 0.875. The molecule has 3 aliphatic heterocycles. The topological polar surface area (TPSA) is 77.5 Å². The minimum Gasteiger partial charge on any atom is -0.379 e. The number of morpholine rings is 1. The second kappa shape index (κ2) is 10.3. The average Bonchev–Trinajstić information content (AvgIpc) is 3.31. The zero-order valence-corrected chi connectivity index (χ0v) is 19.3. The zero-order valence-electron chi connectivity index (χ0n) is 18.5. The molecular formula is C22H35N5O3S. The summed E-state index contributed by atoms with van der Waals surface area (Å²) >= 11 is 0. The monoisotopic (exact) mass is 449 g/mol. The van der Waals surface area contributed by atoms with Crippen LogP contribution in [-0.2, 0) is 21.3 Å². The van der Waals surface area contributed by atoms with Crippen molar-refractivity contribution in [3.8, 4) is 0 Å². The van der Waals surface area contributed by atoms with Crippen molar-refractivity contribution in [1.82, 2.24) is 19.4 Å². The highest BCUT2D eigenvalue weighted by atomic mass is 32.2. The number of guanidine groups is 1. The molecular weight excluding hydrogens is 414 g/mol. The van der Waals surface area contributed by atoms with Crippen molar-refractivity contribution in [1.29, 1.82) is 0 Å². The largest absolute Gasteiger partial charge is 0.379 e. The summed E-state index contributed by atoms with van der Waals surface area (Å²) in [6.07, 6.45) is 4.12. The summed E-state index contributed by atoms with van der Waals surface area (Å²) in [6.45, 7) is 7.38. The molecule has 31 heavy (non-hydrogen) atoms. The third-order valence-corrected chi connectivity index (χ3v) is 8.43. The normalized spacial score (nSPS) is 24.5. The van der Waals surface area contributed by atoms with Crippen LogP contribution in [0.5, 0.6) is 0 Å². The van der Waals surface area contributed by atoms with Crippen molar-refractivity contribution >= 4 is 16.0 Å². The number of hydrogen-bond acceptors (Lipinski definition) is 5. The lowest BCUT2D eigenvalue weighted by atomic mass is 10.2. The average molecular weight is 450 g/mol. The Morgan fingerprint density at radius 1 is 1.13 bits per heavy atom. The maximum Gasteiger partial charge on any atom is 0.243 e. The fourth-order valence-electron chi connectivity index (χ4n) is 4.76. The molecule has 1 N–H and O–H groups in total. The van der Waals surface area contributed by atoms with Crippen LogP contribution in [0.2, 0.25) is 0 Å². The number of aliphatic imine (C=N–C) groups is 1. The lowest BCUT2D eigenvalue weighted by molar-refractivity contribution is 0.0195. The Bertz CT molecular complexity index is 864. The Balaban J connectivity index is 1.35. The van der Waals surface area contributed by atoms with E-state index in [9.17, 15) is 8.42 Å². The van der Waals surface area contributed by atoms with E-state index in [2.05, 4.69) is 20.1 Å². The van der Waals surface area contributed by atoms with E-state index < -0.39 is 10.0 Å². The molecule has 0 bridgehead atoms. The number of benzene rings is 1. The van der Waals surface area contributed by atoms with Gasteiger partial charge in [-0.05, 0) is 37.0 Å². The van der Waals surface area contributed by atoms with Crippen molar-refractivity contribution in [3.05, 3.63) is 29.8 Å². The third-order valence-electron chi connectivity index (χ3n) is 6.54. The first-order valence-corrected chi connectivity index (χ1v) is 12.9. The highest BCUT2D eigenvalue weighted by Crippen LogP contribution is 2.22. The van der Waals surface area contributed by atoms with Gasteiger partial charge < -0.3 is 15.0 Å². The molecule has 172 valence electrons. The summed E-state index contributed by atoms with van der Waals surface area (Å²) in [4.78, 5) is 9.68. The minimum absolute atomic E-state index is 0.386. The fourth-order valence-corrected chi connectivity index (χ4v) is 6.35. The summed E-state index contributed by atoms with van der Waals surface area (Å²) in [7, 11) is -1.61. The van der Waals surface area contributed by atoms with Gasteiger partial charge in [-0.2, -0.15) is 4.31 Å². The molecule has 0 radical (unpaired) electrons. The van der Waals surface area contributed by atoms with Crippen LogP contribution in [0.1, 0.15) is 31.2 Å². The number of rotatable bonds is 5. The van der Waals surface area contributed by atoms with Crippen LogP contribution in [0, 0.1) is 0 Å². The minimum atomic E-state index is -3.41. The number of hydrogen-bond donors (Lipinski definition) is 1. The lowest BCUT2D eigenvalue weighted by Crippen LogP contribution is -2.46. The molecule has 0 aromatic heterocycles. The van der Waals surface area contributed by atoms with Crippen LogP contribution in [0.25, 0.3) is 0 Å². The molecule has 0 aliphatic carbocycles. The molecule has 4 rings (SSSR count). The molecule has 3 saturated heterocycles. The van der Waals surface area contributed by atoms with Gasteiger partial charge in [0, 0.05) is 58.9 Å². The van der Waals surface area contributed by atoms with Gasteiger partial charge >= 0.3 is 0 Å². The summed E-state index contributed by atoms with van der Waals surface area (Å²) in [5, 5.41) is 3.43. The summed E-state index contributed by atoms with van der Waals surface area (Å²) < 4.78 is 33.1. The van der Waals surface area contributed by atoms with E-state index in [-0.39, 0.29) is 0 Å². The Morgan fingerprint density at radius 2 is 1.90 bits per heavy atom. The fraction of sp³-hybridized carbons (Fsp3) is 0.682. The first-order valence-electron chi connectivity index (χ1n) is 11.4. The van der Waals surface area contributed by atoms with Crippen molar-refractivity contribution in [3.63, 3.8) is 0 Å². The molecule has 8 nitrogen and oxygen atoms in total. The van der Waals surface area contributed by atoms with Crippen LogP contribution >= 0.6 is 0 Å². The van der Waals surface area contributed by atoms with E-state index in [0.717, 1.165) is 76.6 Å². The van der Waals surface area contributed by atoms with Gasteiger partial charge in [0.05, 0.1) is 18.1 Å². The predicted octanol–water partition coefficient (Wildman–Crippen LogP) is 1.34. The Hall–Kier alpha value is -1.68. The molecule has 1 aromatic rings. The molecule has 0 amide bonds. The lowest BCUT2D eigenvalue weighted by Gasteiger charge is -2.32. The van der Waals surface area contributed by atoms with E-state index in [1.165, 1.54) is 0 Å². The van der Waals surface area contributed by atoms with Crippen LogP contribution in [0.15, 0.2) is 34.2 Å². The smallest absolute Gasteiger partial charge is 0.243 e. The standard InChI is InChI=1S/C22H35N5O3S/c1-23-22(26-11-8-20(18-26)25-12-14-30-15-13-25)24-17-19-6-5-7-21(16-19)31(28,29)27-9-3-2-4-10-27/h5-7,16,20H,2-4,8-15,17-18H2,1H3,(H,23,24). The van der Waals surface area contributed by atoms with Gasteiger partial charge in [-0.3, -0.25) is 9.89 Å². The van der Waals surface area contributed by atoms with Crippen molar-refractivity contribution in [2.24, 2.45) is 4.99 Å². The molecule has 3 fully saturated rings. The quantitative estimate of drug-likeness (QED) is 0.540. The van der Waals surface area contributed by atoms with Gasteiger partial charge in [0.25, 0.3) is 0 Å². The molecule has 1 atom stereocenters. The highest BCUT2D eigenvalue weighted by molar-refractivity contribution is 7.89. The van der Waals surface area contributed by atoms with Gasteiger partial charge in [-0.1, -0.05) is 18.6 Å². The Labute approximate surface area is 186 Å². The first-order chi connectivity index (χ1) is 15.1. The van der Waals surface area contributed by atoms with Crippen molar-refractivity contribution < 1.29 is 13.2 Å². The number of likely N-dealkylation sites (tertiary alicyclic amines) is 1. The van der Waals surface area contributed by atoms with E-state index in [4.69, 9.17) is 4.74 Å². The van der Waals surface area contributed by atoms with E-state index in [0.29, 0.717) is 30.6 Å². The number of sulfonamides is 1. The molecule has 0 spiro atoms. The van der Waals surface area contributed by atoms with Crippen molar-refractivity contribution in [2.75, 3.05) is 59.5 Å². The number of nitrogens with one attached hydrogen (secondary N) is 1. The van der Waals surface area contributed by atoms with E-state index in [1.54, 1.807) is 16.4 Å². The molecule has 1 aromatic carbocycles. The van der Waals surface area contributed by atoms with Crippen LogP contribution in [0.4, 0.5) is 0 Å². The molecule has 1 unspecified atom stereocenters. The second-order valence-electron chi connectivity index (χ2n) is 8.55. The maximum atomic E-state index is 13.0. The zero-order chi connectivity index (χ0) is 21.7. The van der Waals surface area contributed by atoms with Crippen LogP contribution < -0.4 is 5.32 Å². The van der Waals surface area contributed by atoms with E-state index >= 15 is 0 Å². The van der Waals surface area contributed by atoms with Gasteiger partial charge in [-0.25, -0.2) is 8.42 Å². The number of piperidine rings is 1. The Morgan fingerprint density at radius 3 is 2.65 bits per heavy atom. The van der Waals surface area contributed by atoms with Gasteiger partial charge in [-0.15, -0.1) is 0 Å². The van der Waals surface area contributed by atoms with Crippen molar-refractivity contribution in [2.45, 2.75) is 43.2 Å². The van der Waals surface area contributed by atoms with Gasteiger partial charge in [0.2, 0.25) is 10.0 Å². The third kappa shape index (κ3) is 5.39. The van der Waals surface area contributed by atoms with Crippen LogP contribution in [-0.4, -0.2) is 94.1 Å². The van der Waals surface area contributed by atoms with Crippen LogP contribution in [0.3, 0.4) is 0 Å².